The minimum absolute atomic E-state index is 0.173. The molecule has 4 heteroatoms. The van der Waals surface area contributed by atoms with Gasteiger partial charge in [-0.3, -0.25) is 4.90 Å². The number of benzene rings is 2. The minimum Gasteiger partial charge on any atom is -0.389 e. The van der Waals surface area contributed by atoms with Crippen molar-refractivity contribution >= 4 is 0 Å². The molecule has 146 valence electrons. The summed E-state index contributed by atoms with van der Waals surface area (Å²) in [5.41, 5.74) is 3.51. The normalized spacial score (nSPS) is 18.2. The summed E-state index contributed by atoms with van der Waals surface area (Å²) in [6, 6.07) is 25.0. The third kappa shape index (κ3) is 4.20. The zero-order valence-electron chi connectivity index (χ0n) is 16.3. The van der Waals surface area contributed by atoms with Crippen LogP contribution in [0.2, 0.25) is 0 Å². The molecule has 0 radical (unpaired) electrons. The van der Waals surface area contributed by atoms with Crippen molar-refractivity contribution in [2.24, 2.45) is 0 Å². The summed E-state index contributed by atoms with van der Waals surface area (Å²) in [5, 5.41) is 10.7. The van der Waals surface area contributed by atoms with E-state index in [0.717, 1.165) is 24.2 Å². The highest BCUT2D eigenvalue weighted by Crippen LogP contribution is 2.27. The lowest BCUT2D eigenvalue weighted by atomic mass is 10.0. The molecule has 2 heterocycles. The third-order valence-corrected chi connectivity index (χ3v) is 5.57. The molecule has 0 saturated heterocycles. The van der Waals surface area contributed by atoms with Crippen LogP contribution >= 0.6 is 0 Å². The van der Waals surface area contributed by atoms with Crippen LogP contribution in [0.25, 0.3) is 0 Å². The lowest BCUT2D eigenvalue weighted by molar-refractivity contribution is -0.0165. The average Bonchev–Trinajstić information content (AvgIpc) is 3.22. The highest BCUT2D eigenvalue weighted by molar-refractivity contribution is 5.29. The number of fused-ring (bicyclic) bond motifs is 1. The van der Waals surface area contributed by atoms with Crippen molar-refractivity contribution in [1.82, 2.24) is 9.47 Å². The van der Waals surface area contributed by atoms with E-state index < -0.39 is 6.10 Å². The van der Waals surface area contributed by atoms with Crippen molar-refractivity contribution in [3.05, 3.63) is 95.8 Å². The van der Waals surface area contributed by atoms with Gasteiger partial charge in [0.2, 0.25) is 0 Å². The number of hydrogen-bond donors (Lipinski definition) is 1. The van der Waals surface area contributed by atoms with E-state index in [1.54, 1.807) is 0 Å². The van der Waals surface area contributed by atoms with Crippen molar-refractivity contribution in [2.45, 2.75) is 31.7 Å². The molecule has 0 spiro atoms. The van der Waals surface area contributed by atoms with Crippen molar-refractivity contribution in [3.63, 3.8) is 0 Å². The highest BCUT2D eigenvalue weighted by Gasteiger charge is 2.26. The quantitative estimate of drug-likeness (QED) is 0.676. The van der Waals surface area contributed by atoms with Crippen molar-refractivity contribution in [1.29, 1.82) is 0 Å². The Kier molecular flexibility index (Phi) is 5.91. The van der Waals surface area contributed by atoms with E-state index in [4.69, 9.17) is 4.74 Å². The van der Waals surface area contributed by atoms with Crippen LogP contribution in [0, 0.1) is 0 Å². The van der Waals surface area contributed by atoms with Crippen LogP contribution in [-0.4, -0.2) is 40.4 Å². The Balaban J connectivity index is 1.40. The van der Waals surface area contributed by atoms with Crippen molar-refractivity contribution < 1.29 is 9.84 Å². The van der Waals surface area contributed by atoms with Crippen LogP contribution in [0.1, 0.15) is 35.9 Å². The molecule has 4 nitrogen and oxygen atoms in total. The van der Waals surface area contributed by atoms with Crippen LogP contribution < -0.4 is 0 Å². The molecule has 0 fully saturated rings. The Morgan fingerprint density at radius 3 is 2.21 bits per heavy atom. The van der Waals surface area contributed by atoms with Gasteiger partial charge < -0.3 is 14.4 Å². The molecule has 3 aromatic rings. The van der Waals surface area contributed by atoms with Gasteiger partial charge in [-0.2, -0.15) is 0 Å². The van der Waals surface area contributed by atoms with Crippen LogP contribution in [0.3, 0.4) is 0 Å². The van der Waals surface area contributed by atoms with Gasteiger partial charge in [0.05, 0.1) is 12.7 Å². The second kappa shape index (κ2) is 8.74. The van der Waals surface area contributed by atoms with Gasteiger partial charge >= 0.3 is 0 Å². The highest BCUT2D eigenvalue weighted by atomic mass is 16.5. The predicted octanol–water partition coefficient (Wildman–Crippen LogP) is 4.03. The van der Waals surface area contributed by atoms with Gasteiger partial charge in [0.1, 0.15) is 6.10 Å². The fourth-order valence-electron chi connectivity index (χ4n) is 4.05. The first-order valence-corrected chi connectivity index (χ1v) is 10.0. The smallest absolute Gasteiger partial charge is 0.108 e. The first-order chi connectivity index (χ1) is 13.7. The largest absolute Gasteiger partial charge is 0.389 e. The molecule has 0 aliphatic carbocycles. The van der Waals surface area contributed by atoms with E-state index in [2.05, 4.69) is 59.0 Å². The van der Waals surface area contributed by atoms with Crippen LogP contribution in [-0.2, 0) is 11.3 Å². The summed E-state index contributed by atoms with van der Waals surface area (Å²) < 4.78 is 8.52. The SMILES string of the molecule is C[C@H]1c2cccn2CCN1C[C@H](O)COC(c1ccccc1)c1ccccc1. The van der Waals surface area contributed by atoms with Crippen molar-refractivity contribution in [2.75, 3.05) is 19.7 Å². The standard InChI is InChI=1S/C24H28N2O2/c1-19-23-13-8-14-25(23)15-16-26(19)17-22(27)18-28-24(20-9-4-2-5-10-20)21-11-6-3-7-12-21/h2-14,19,22,24,27H,15-18H2,1H3/t19-,22-/m0/s1. The van der Waals surface area contributed by atoms with E-state index in [-0.39, 0.29) is 6.10 Å². The van der Waals surface area contributed by atoms with Gasteiger partial charge in [0, 0.05) is 37.6 Å². The third-order valence-electron chi connectivity index (χ3n) is 5.57. The Hall–Kier alpha value is -2.40. The molecule has 2 aromatic carbocycles. The number of β-amino-alcohol motifs (C(OH)–C–C–N with tert-alkyl or cyclic N) is 1. The van der Waals surface area contributed by atoms with Gasteiger partial charge in [-0.05, 0) is 30.2 Å². The average molecular weight is 377 g/mol. The molecule has 0 unspecified atom stereocenters. The number of hydrogen-bond acceptors (Lipinski definition) is 3. The summed E-state index contributed by atoms with van der Waals surface area (Å²) in [6.45, 7) is 5.04. The lowest BCUT2D eigenvalue weighted by Crippen LogP contribution is -2.42. The second-order valence-corrected chi connectivity index (χ2v) is 7.49. The maximum Gasteiger partial charge on any atom is 0.108 e. The Labute approximate surface area is 167 Å². The molecule has 1 aliphatic heterocycles. The first kappa shape index (κ1) is 18.9. The number of aliphatic hydroxyl groups excluding tert-OH is 1. The fourth-order valence-corrected chi connectivity index (χ4v) is 4.05. The molecule has 1 aliphatic rings. The van der Waals surface area contributed by atoms with E-state index in [9.17, 15) is 5.11 Å². The van der Waals surface area contributed by atoms with Gasteiger partial charge in [-0.1, -0.05) is 60.7 Å². The second-order valence-electron chi connectivity index (χ2n) is 7.49. The van der Waals surface area contributed by atoms with Crippen LogP contribution in [0.4, 0.5) is 0 Å². The van der Waals surface area contributed by atoms with E-state index in [0.29, 0.717) is 19.2 Å². The predicted molar refractivity (Wildman–Crippen MR) is 111 cm³/mol. The zero-order chi connectivity index (χ0) is 19.3. The monoisotopic (exact) mass is 376 g/mol. The summed E-state index contributed by atoms with van der Waals surface area (Å²) in [6.07, 6.45) is 1.43. The van der Waals surface area contributed by atoms with E-state index >= 15 is 0 Å². The first-order valence-electron chi connectivity index (χ1n) is 10.0. The molecule has 2 atom stereocenters. The molecule has 0 bridgehead atoms. The lowest BCUT2D eigenvalue weighted by Gasteiger charge is -2.36. The minimum atomic E-state index is -0.529. The summed E-state index contributed by atoms with van der Waals surface area (Å²) in [5.74, 6) is 0. The van der Waals surface area contributed by atoms with Crippen LogP contribution in [0.5, 0.6) is 0 Å². The maximum absolute atomic E-state index is 10.7. The summed E-state index contributed by atoms with van der Waals surface area (Å²) >= 11 is 0. The number of nitrogens with zero attached hydrogens (tertiary/aromatic N) is 2. The zero-order valence-corrected chi connectivity index (χ0v) is 16.3. The van der Waals surface area contributed by atoms with Crippen molar-refractivity contribution in [3.8, 4) is 0 Å². The van der Waals surface area contributed by atoms with Gasteiger partial charge in [0.15, 0.2) is 0 Å². The molecular formula is C24H28N2O2. The number of ether oxygens (including phenoxy) is 1. The van der Waals surface area contributed by atoms with Crippen LogP contribution in [0.15, 0.2) is 79.0 Å². The molecule has 28 heavy (non-hydrogen) atoms. The number of aromatic nitrogens is 1. The Morgan fingerprint density at radius 1 is 0.929 bits per heavy atom. The molecule has 0 saturated carbocycles. The molecular weight excluding hydrogens is 348 g/mol. The summed E-state index contributed by atoms with van der Waals surface area (Å²) in [4.78, 5) is 2.34. The van der Waals surface area contributed by atoms with Gasteiger partial charge in [-0.25, -0.2) is 0 Å². The number of aliphatic hydroxyl groups is 1. The van der Waals surface area contributed by atoms with Gasteiger partial charge in [-0.15, -0.1) is 0 Å². The van der Waals surface area contributed by atoms with E-state index in [1.807, 2.05) is 36.4 Å². The summed E-state index contributed by atoms with van der Waals surface area (Å²) in [7, 11) is 0. The molecule has 1 aromatic heterocycles. The Morgan fingerprint density at radius 2 is 1.57 bits per heavy atom. The molecule has 0 amide bonds. The molecule has 4 rings (SSSR count). The topological polar surface area (TPSA) is 37.6 Å². The molecule has 1 N–H and O–H groups in total. The van der Waals surface area contributed by atoms with E-state index in [1.165, 1.54) is 5.69 Å². The fraction of sp³-hybridized carbons (Fsp3) is 0.333. The number of rotatable bonds is 7. The maximum atomic E-state index is 10.7. The van der Waals surface area contributed by atoms with Gasteiger partial charge in [0.25, 0.3) is 0 Å². The Bertz CT molecular complexity index is 823.